The van der Waals surface area contributed by atoms with Crippen LogP contribution in [0.25, 0.3) is 11.1 Å². The third-order valence-corrected chi connectivity index (χ3v) is 5.28. The highest BCUT2D eigenvalue weighted by molar-refractivity contribution is 6.07. The highest BCUT2D eigenvalue weighted by Crippen LogP contribution is 2.36. The van der Waals surface area contributed by atoms with Crippen molar-refractivity contribution in [3.8, 4) is 16.9 Å². The summed E-state index contributed by atoms with van der Waals surface area (Å²) in [5, 5.41) is 3.10. The van der Waals surface area contributed by atoms with E-state index in [9.17, 15) is 4.79 Å². The number of benzene rings is 2. The van der Waals surface area contributed by atoms with Crippen molar-refractivity contribution in [2.75, 3.05) is 12.4 Å². The first kappa shape index (κ1) is 28.4. The maximum atomic E-state index is 13.1. The van der Waals surface area contributed by atoms with E-state index >= 15 is 0 Å². The Kier molecular flexibility index (Phi) is 10.8. The van der Waals surface area contributed by atoms with Gasteiger partial charge in [-0.1, -0.05) is 49.7 Å². The quantitative estimate of drug-likeness (QED) is 0.418. The normalized spacial score (nSPS) is 10.3. The van der Waals surface area contributed by atoms with Gasteiger partial charge in [0.15, 0.2) is 0 Å². The number of nitrogens with one attached hydrogen (secondary N) is 1. The Morgan fingerprint density at radius 1 is 1.09 bits per heavy atom. The molecular weight excluding hydrogens is 457 g/mol. The van der Waals surface area contributed by atoms with Gasteiger partial charge in [0, 0.05) is 23.4 Å². The van der Waals surface area contributed by atoms with Crippen LogP contribution < -0.4 is 15.8 Å². The SMILES string of the molecule is COc1cccc(C(=O)Nc2c(C)nc(CC(C)C)c(CN)c2-c2ccc(C)cc2)c1.Cl.Cl. The van der Waals surface area contributed by atoms with E-state index in [0.717, 1.165) is 34.5 Å². The molecule has 3 rings (SSSR count). The van der Waals surface area contributed by atoms with Gasteiger partial charge in [0.25, 0.3) is 5.91 Å². The summed E-state index contributed by atoms with van der Waals surface area (Å²) in [5.41, 5.74) is 13.3. The van der Waals surface area contributed by atoms with Gasteiger partial charge in [0.2, 0.25) is 0 Å². The summed E-state index contributed by atoms with van der Waals surface area (Å²) in [4.78, 5) is 18.0. The number of carbonyl (C=O) groups excluding carboxylic acids is 1. The van der Waals surface area contributed by atoms with Crippen molar-refractivity contribution in [1.29, 1.82) is 0 Å². The molecule has 0 aliphatic rings. The molecule has 33 heavy (non-hydrogen) atoms. The van der Waals surface area contributed by atoms with Crippen molar-refractivity contribution < 1.29 is 9.53 Å². The highest BCUT2D eigenvalue weighted by atomic mass is 35.5. The molecule has 5 nitrogen and oxygen atoms in total. The minimum absolute atomic E-state index is 0. The Morgan fingerprint density at radius 3 is 2.33 bits per heavy atom. The van der Waals surface area contributed by atoms with Crippen LogP contribution in [0.4, 0.5) is 5.69 Å². The molecule has 0 aliphatic carbocycles. The molecule has 1 heterocycles. The van der Waals surface area contributed by atoms with Gasteiger partial charge >= 0.3 is 0 Å². The first-order valence-corrected chi connectivity index (χ1v) is 10.6. The van der Waals surface area contributed by atoms with Crippen molar-refractivity contribution in [3.05, 3.63) is 76.6 Å². The molecule has 2 aromatic carbocycles. The standard InChI is InChI=1S/C26H31N3O2.2ClH/c1-16(2)13-23-22(15-27)24(19-11-9-17(3)10-12-19)25(18(4)28-23)29-26(30)20-7-6-8-21(14-20)31-5;;/h6-12,14,16H,13,15,27H2,1-5H3,(H,29,30);2*1H. The van der Waals surface area contributed by atoms with Crippen LogP contribution in [0.5, 0.6) is 5.75 Å². The van der Waals surface area contributed by atoms with Crippen LogP contribution >= 0.6 is 24.8 Å². The smallest absolute Gasteiger partial charge is 0.255 e. The maximum absolute atomic E-state index is 13.1. The molecule has 0 saturated carbocycles. The number of anilines is 1. The van der Waals surface area contributed by atoms with Crippen LogP contribution in [0.1, 0.15) is 46.7 Å². The maximum Gasteiger partial charge on any atom is 0.255 e. The zero-order valence-electron chi connectivity index (χ0n) is 19.8. The molecule has 1 amide bonds. The van der Waals surface area contributed by atoms with Crippen LogP contribution in [-0.4, -0.2) is 18.0 Å². The lowest BCUT2D eigenvalue weighted by Crippen LogP contribution is -2.18. The van der Waals surface area contributed by atoms with E-state index in [2.05, 4.69) is 50.4 Å². The monoisotopic (exact) mass is 489 g/mol. The van der Waals surface area contributed by atoms with Gasteiger partial charge in [0.05, 0.1) is 18.5 Å². The number of hydrogen-bond donors (Lipinski definition) is 2. The van der Waals surface area contributed by atoms with E-state index in [0.29, 0.717) is 29.5 Å². The molecule has 0 radical (unpaired) electrons. The molecule has 0 saturated heterocycles. The third-order valence-electron chi connectivity index (χ3n) is 5.28. The van der Waals surface area contributed by atoms with Gasteiger partial charge in [-0.3, -0.25) is 9.78 Å². The summed E-state index contributed by atoms with van der Waals surface area (Å²) in [6.07, 6.45) is 0.830. The van der Waals surface area contributed by atoms with Crippen molar-refractivity contribution in [1.82, 2.24) is 4.98 Å². The fourth-order valence-electron chi connectivity index (χ4n) is 3.72. The summed E-state index contributed by atoms with van der Waals surface area (Å²) in [5.74, 6) is 0.869. The van der Waals surface area contributed by atoms with Gasteiger partial charge in [-0.05, 0) is 55.5 Å². The fraction of sp³-hybridized carbons (Fsp3) is 0.308. The Balaban J connectivity index is 0.00000272. The lowest BCUT2D eigenvalue weighted by Gasteiger charge is -2.21. The molecular formula is C26H33Cl2N3O2. The molecule has 0 bridgehead atoms. The van der Waals surface area contributed by atoms with Gasteiger partial charge in [-0.2, -0.15) is 0 Å². The van der Waals surface area contributed by atoms with Gasteiger partial charge in [-0.15, -0.1) is 24.8 Å². The number of nitrogens with two attached hydrogens (primary N) is 1. The first-order chi connectivity index (χ1) is 14.8. The average Bonchev–Trinajstić information content (AvgIpc) is 2.75. The van der Waals surface area contributed by atoms with E-state index in [-0.39, 0.29) is 30.7 Å². The average molecular weight is 490 g/mol. The number of rotatable bonds is 7. The lowest BCUT2D eigenvalue weighted by molar-refractivity contribution is 0.102. The van der Waals surface area contributed by atoms with Crippen LogP contribution in [0.15, 0.2) is 48.5 Å². The van der Waals surface area contributed by atoms with Crippen LogP contribution in [0.2, 0.25) is 0 Å². The third kappa shape index (κ3) is 6.70. The molecule has 3 aromatic rings. The predicted octanol–water partition coefficient (Wildman–Crippen LogP) is 6.13. The Hall–Kier alpha value is -2.60. The molecule has 0 fully saturated rings. The zero-order valence-corrected chi connectivity index (χ0v) is 21.4. The number of amides is 1. The summed E-state index contributed by atoms with van der Waals surface area (Å²) in [6.45, 7) is 8.67. The number of pyridine rings is 1. The summed E-state index contributed by atoms with van der Waals surface area (Å²) in [7, 11) is 1.58. The molecule has 0 unspecified atom stereocenters. The van der Waals surface area contributed by atoms with E-state index in [1.807, 2.05) is 13.0 Å². The number of nitrogens with zero attached hydrogens (tertiary/aromatic N) is 1. The lowest BCUT2D eigenvalue weighted by atomic mass is 9.92. The summed E-state index contributed by atoms with van der Waals surface area (Å²) in [6, 6.07) is 15.4. The minimum atomic E-state index is -0.211. The Morgan fingerprint density at radius 2 is 1.76 bits per heavy atom. The summed E-state index contributed by atoms with van der Waals surface area (Å²) < 4.78 is 5.26. The number of aryl methyl sites for hydroxylation is 2. The van der Waals surface area contributed by atoms with E-state index in [1.165, 1.54) is 5.56 Å². The van der Waals surface area contributed by atoms with E-state index in [4.69, 9.17) is 15.5 Å². The van der Waals surface area contributed by atoms with E-state index in [1.54, 1.807) is 25.3 Å². The number of ether oxygens (including phenoxy) is 1. The zero-order chi connectivity index (χ0) is 22.5. The van der Waals surface area contributed by atoms with Crippen molar-refractivity contribution in [2.24, 2.45) is 11.7 Å². The molecule has 0 aliphatic heterocycles. The molecule has 0 atom stereocenters. The fourth-order valence-corrected chi connectivity index (χ4v) is 3.72. The Bertz CT molecular complexity index is 1080. The van der Waals surface area contributed by atoms with Crippen molar-refractivity contribution >= 4 is 36.4 Å². The largest absolute Gasteiger partial charge is 0.497 e. The number of carbonyl (C=O) groups is 1. The second kappa shape index (κ2) is 12.6. The minimum Gasteiger partial charge on any atom is -0.497 e. The number of aromatic nitrogens is 1. The highest BCUT2D eigenvalue weighted by Gasteiger charge is 2.21. The number of halogens is 2. The van der Waals surface area contributed by atoms with Gasteiger partial charge < -0.3 is 15.8 Å². The predicted molar refractivity (Wildman–Crippen MR) is 141 cm³/mol. The van der Waals surface area contributed by atoms with E-state index < -0.39 is 0 Å². The molecule has 1 aromatic heterocycles. The molecule has 0 spiro atoms. The molecule has 3 N–H and O–H groups in total. The number of methoxy groups -OCH3 is 1. The Labute approximate surface area is 209 Å². The van der Waals surface area contributed by atoms with Crippen molar-refractivity contribution in [3.63, 3.8) is 0 Å². The second-order valence-corrected chi connectivity index (χ2v) is 8.23. The van der Waals surface area contributed by atoms with Crippen LogP contribution in [0, 0.1) is 19.8 Å². The first-order valence-electron chi connectivity index (χ1n) is 10.6. The van der Waals surface area contributed by atoms with Crippen LogP contribution in [0.3, 0.4) is 0 Å². The number of hydrogen-bond acceptors (Lipinski definition) is 4. The van der Waals surface area contributed by atoms with Crippen LogP contribution in [-0.2, 0) is 13.0 Å². The van der Waals surface area contributed by atoms with Gasteiger partial charge in [-0.25, -0.2) is 0 Å². The van der Waals surface area contributed by atoms with Crippen molar-refractivity contribution in [2.45, 2.75) is 40.7 Å². The summed E-state index contributed by atoms with van der Waals surface area (Å²) >= 11 is 0. The van der Waals surface area contributed by atoms with Gasteiger partial charge in [0.1, 0.15) is 5.75 Å². The second-order valence-electron chi connectivity index (χ2n) is 8.23. The molecule has 178 valence electrons. The topological polar surface area (TPSA) is 77.2 Å². The molecule has 7 heteroatoms.